The standard InChI is InChI=1S/C7H13F2N/c1-3-4-7(8,9)5-6-10-2/h2-6H2,1H3. The molecule has 0 bridgehead atoms. The normalized spacial score (nSPS) is 11.5. The van der Waals surface area contributed by atoms with Crippen LogP contribution in [0.3, 0.4) is 0 Å². The van der Waals surface area contributed by atoms with Gasteiger partial charge in [0.15, 0.2) is 0 Å². The van der Waals surface area contributed by atoms with Crippen molar-refractivity contribution in [1.29, 1.82) is 0 Å². The molecule has 0 amide bonds. The van der Waals surface area contributed by atoms with Crippen LogP contribution < -0.4 is 0 Å². The SMILES string of the molecule is C=NCCC(F)(F)CCC. The summed E-state index contributed by atoms with van der Waals surface area (Å²) in [5, 5.41) is 0. The highest BCUT2D eigenvalue weighted by molar-refractivity contribution is 5.23. The smallest absolute Gasteiger partial charge is 0.249 e. The number of rotatable bonds is 5. The molecule has 0 fully saturated rings. The maximum atomic E-state index is 12.5. The minimum Gasteiger partial charge on any atom is -0.301 e. The second-order valence-corrected chi connectivity index (χ2v) is 2.30. The topological polar surface area (TPSA) is 12.4 Å². The number of hydrogen-bond acceptors (Lipinski definition) is 1. The number of hydrogen-bond donors (Lipinski definition) is 0. The molecule has 0 aliphatic carbocycles. The molecule has 60 valence electrons. The largest absolute Gasteiger partial charge is 0.301 e. The van der Waals surface area contributed by atoms with Gasteiger partial charge in [-0.15, -0.1) is 0 Å². The zero-order valence-corrected chi connectivity index (χ0v) is 6.24. The van der Waals surface area contributed by atoms with Gasteiger partial charge in [0, 0.05) is 19.4 Å². The lowest BCUT2D eigenvalue weighted by atomic mass is 10.1. The molecule has 0 aliphatic rings. The Bertz CT molecular complexity index is 102. The lowest BCUT2D eigenvalue weighted by molar-refractivity contribution is -0.0140. The van der Waals surface area contributed by atoms with Crippen LogP contribution >= 0.6 is 0 Å². The molecular weight excluding hydrogens is 136 g/mol. The minimum atomic E-state index is -2.53. The number of halogens is 2. The Morgan fingerprint density at radius 1 is 1.40 bits per heavy atom. The molecule has 0 N–H and O–H groups in total. The van der Waals surface area contributed by atoms with Crippen LogP contribution in [-0.2, 0) is 0 Å². The van der Waals surface area contributed by atoms with Crippen LogP contribution in [0.2, 0.25) is 0 Å². The lowest BCUT2D eigenvalue weighted by Crippen LogP contribution is -2.16. The van der Waals surface area contributed by atoms with Crippen molar-refractivity contribution in [2.24, 2.45) is 4.99 Å². The van der Waals surface area contributed by atoms with Crippen LogP contribution in [-0.4, -0.2) is 19.2 Å². The fraction of sp³-hybridized carbons (Fsp3) is 0.857. The minimum absolute atomic E-state index is 0.0392. The zero-order chi connectivity index (χ0) is 8.04. The lowest BCUT2D eigenvalue weighted by Gasteiger charge is -2.12. The van der Waals surface area contributed by atoms with Gasteiger partial charge in [0.05, 0.1) is 0 Å². The fourth-order valence-corrected chi connectivity index (χ4v) is 0.733. The Morgan fingerprint density at radius 2 is 2.00 bits per heavy atom. The monoisotopic (exact) mass is 149 g/mol. The summed E-state index contributed by atoms with van der Waals surface area (Å²) in [4.78, 5) is 3.37. The van der Waals surface area contributed by atoms with Gasteiger partial charge in [-0.25, -0.2) is 8.78 Å². The van der Waals surface area contributed by atoms with Crippen molar-refractivity contribution in [1.82, 2.24) is 0 Å². The second kappa shape index (κ2) is 4.36. The van der Waals surface area contributed by atoms with Crippen LogP contribution in [0.15, 0.2) is 4.99 Å². The van der Waals surface area contributed by atoms with E-state index in [1.165, 1.54) is 0 Å². The van der Waals surface area contributed by atoms with E-state index in [2.05, 4.69) is 11.7 Å². The average Bonchev–Trinajstić information content (AvgIpc) is 1.84. The van der Waals surface area contributed by atoms with E-state index in [0.717, 1.165) is 0 Å². The molecule has 0 rings (SSSR count). The predicted molar refractivity (Wildman–Crippen MR) is 38.9 cm³/mol. The quantitative estimate of drug-likeness (QED) is 0.532. The predicted octanol–water partition coefficient (Wildman–Crippen LogP) is 2.51. The molecule has 0 radical (unpaired) electrons. The van der Waals surface area contributed by atoms with Crippen LogP contribution in [0.25, 0.3) is 0 Å². The maximum absolute atomic E-state index is 12.5. The van der Waals surface area contributed by atoms with Crippen LogP contribution in [0.1, 0.15) is 26.2 Å². The van der Waals surface area contributed by atoms with Crippen LogP contribution in [0, 0.1) is 0 Å². The van der Waals surface area contributed by atoms with E-state index in [1.807, 2.05) is 0 Å². The molecule has 0 aliphatic heterocycles. The third-order valence-corrected chi connectivity index (χ3v) is 1.25. The fourth-order valence-electron chi connectivity index (χ4n) is 0.733. The molecule has 0 heterocycles. The van der Waals surface area contributed by atoms with E-state index in [-0.39, 0.29) is 19.4 Å². The van der Waals surface area contributed by atoms with Gasteiger partial charge in [0.25, 0.3) is 0 Å². The highest BCUT2D eigenvalue weighted by atomic mass is 19.3. The Labute approximate surface area is 60.2 Å². The van der Waals surface area contributed by atoms with E-state index >= 15 is 0 Å². The van der Waals surface area contributed by atoms with E-state index < -0.39 is 5.92 Å². The van der Waals surface area contributed by atoms with Gasteiger partial charge >= 0.3 is 0 Å². The van der Waals surface area contributed by atoms with Crippen LogP contribution in [0.4, 0.5) is 8.78 Å². The molecule has 0 saturated heterocycles. The highest BCUT2D eigenvalue weighted by Gasteiger charge is 2.26. The van der Waals surface area contributed by atoms with E-state index in [9.17, 15) is 8.78 Å². The van der Waals surface area contributed by atoms with Gasteiger partial charge in [-0.2, -0.15) is 0 Å². The van der Waals surface area contributed by atoms with Crippen molar-refractivity contribution < 1.29 is 8.78 Å². The van der Waals surface area contributed by atoms with Gasteiger partial charge in [0.1, 0.15) is 0 Å². The average molecular weight is 149 g/mol. The van der Waals surface area contributed by atoms with E-state index in [4.69, 9.17) is 0 Å². The van der Waals surface area contributed by atoms with Crippen molar-refractivity contribution in [3.05, 3.63) is 0 Å². The van der Waals surface area contributed by atoms with Gasteiger partial charge in [-0.3, -0.25) is 0 Å². The van der Waals surface area contributed by atoms with Gasteiger partial charge in [-0.1, -0.05) is 13.3 Å². The summed E-state index contributed by atoms with van der Waals surface area (Å²) in [6, 6.07) is 0. The first-order valence-electron chi connectivity index (χ1n) is 3.42. The third kappa shape index (κ3) is 4.41. The Balaban J connectivity index is 3.51. The first-order valence-corrected chi connectivity index (χ1v) is 3.42. The van der Waals surface area contributed by atoms with Gasteiger partial charge in [0.2, 0.25) is 5.92 Å². The summed E-state index contributed by atoms with van der Waals surface area (Å²) in [6.07, 6.45) is 0.316. The maximum Gasteiger partial charge on any atom is 0.249 e. The highest BCUT2D eigenvalue weighted by Crippen LogP contribution is 2.23. The molecule has 0 aromatic rings. The molecule has 3 heteroatoms. The third-order valence-electron chi connectivity index (χ3n) is 1.25. The van der Waals surface area contributed by atoms with Gasteiger partial charge in [-0.05, 0) is 6.72 Å². The van der Waals surface area contributed by atoms with Crippen molar-refractivity contribution >= 4 is 6.72 Å². The molecule has 0 atom stereocenters. The van der Waals surface area contributed by atoms with Crippen molar-refractivity contribution in [2.75, 3.05) is 6.54 Å². The second-order valence-electron chi connectivity index (χ2n) is 2.30. The van der Waals surface area contributed by atoms with Gasteiger partial charge < -0.3 is 4.99 Å². The molecule has 0 saturated carbocycles. The molecular formula is C7H13F2N. The Hall–Kier alpha value is -0.470. The summed E-state index contributed by atoms with van der Waals surface area (Å²) in [7, 11) is 0. The van der Waals surface area contributed by atoms with Crippen molar-refractivity contribution in [3.8, 4) is 0 Å². The summed E-state index contributed by atoms with van der Waals surface area (Å²) >= 11 is 0. The summed E-state index contributed by atoms with van der Waals surface area (Å²) in [5.41, 5.74) is 0. The van der Waals surface area contributed by atoms with Crippen LogP contribution in [0.5, 0.6) is 0 Å². The molecule has 0 unspecified atom stereocenters. The Morgan fingerprint density at radius 3 is 2.40 bits per heavy atom. The molecule has 0 aromatic carbocycles. The molecule has 1 nitrogen and oxygen atoms in total. The van der Waals surface area contributed by atoms with E-state index in [0.29, 0.717) is 6.42 Å². The molecule has 0 aromatic heterocycles. The van der Waals surface area contributed by atoms with Crippen molar-refractivity contribution in [3.63, 3.8) is 0 Å². The first kappa shape index (κ1) is 9.53. The Kier molecular flexibility index (Phi) is 4.16. The molecule has 0 spiro atoms. The summed E-state index contributed by atoms with van der Waals surface area (Å²) < 4.78 is 25.0. The first-order chi connectivity index (χ1) is 4.62. The van der Waals surface area contributed by atoms with Crippen molar-refractivity contribution in [2.45, 2.75) is 32.1 Å². The van der Waals surface area contributed by atoms with E-state index in [1.54, 1.807) is 6.92 Å². The summed E-state index contributed by atoms with van der Waals surface area (Å²) in [5.74, 6) is -2.53. The molecule has 10 heavy (non-hydrogen) atoms. The zero-order valence-electron chi connectivity index (χ0n) is 6.24. The number of nitrogens with zero attached hydrogens (tertiary/aromatic N) is 1. The summed E-state index contributed by atoms with van der Waals surface area (Å²) in [6.45, 7) is 5.05. The number of alkyl halides is 2. The number of aliphatic imine (C=N–C) groups is 1.